The second-order valence-corrected chi connectivity index (χ2v) is 7.31. The fourth-order valence-electron chi connectivity index (χ4n) is 2.62. The van der Waals surface area contributed by atoms with Gasteiger partial charge in [-0.2, -0.15) is 0 Å². The van der Waals surface area contributed by atoms with Crippen LogP contribution in [0, 0.1) is 18.4 Å². The molecule has 0 bridgehead atoms. The predicted molar refractivity (Wildman–Crippen MR) is 102 cm³/mol. The number of rotatable bonds is 3. The molecule has 1 atom stereocenters. The summed E-state index contributed by atoms with van der Waals surface area (Å²) in [5.74, 6) is 6.09. The molecule has 2 heterocycles. The van der Waals surface area contributed by atoms with E-state index in [0.717, 1.165) is 11.6 Å². The molecule has 136 valence electrons. The van der Waals surface area contributed by atoms with Crippen LogP contribution in [-0.4, -0.2) is 22.5 Å². The Bertz CT molecular complexity index is 1140. The number of hydrogen-bond donors (Lipinski definition) is 0. The summed E-state index contributed by atoms with van der Waals surface area (Å²) in [7, 11) is -1.01. The molecule has 1 aromatic carbocycles. The van der Waals surface area contributed by atoms with Crippen LogP contribution >= 0.6 is 0 Å². The molecule has 0 saturated heterocycles. The molecular weight excluding hydrogens is 366 g/mol. The molecule has 0 saturated carbocycles. The van der Waals surface area contributed by atoms with Gasteiger partial charge in [0, 0.05) is 39.7 Å². The lowest BCUT2D eigenvalue weighted by Crippen LogP contribution is -2.08. The maximum absolute atomic E-state index is 12.3. The zero-order valence-corrected chi connectivity index (χ0v) is 15.4. The van der Waals surface area contributed by atoms with E-state index in [1.807, 2.05) is 0 Å². The number of carbonyl (C=O) groups is 1. The van der Waals surface area contributed by atoms with E-state index in [2.05, 4.69) is 16.7 Å². The van der Waals surface area contributed by atoms with E-state index in [9.17, 15) is 13.8 Å². The molecule has 1 unspecified atom stereocenters. The van der Waals surface area contributed by atoms with Gasteiger partial charge < -0.3 is 9.15 Å². The van der Waals surface area contributed by atoms with Crippen LogP contribution in [-0.2, 0) is 26.1 Å². The van der Waals surface area contributed by atoms with E-state index < -0.39 is 22.4 Å². The Balaban J connectivity index is 2.13. The Hall–Kier alpha value is -3.16. The minimum absolute atomic E-state index is 0.0690. The normalized spacial score (nSPS) is 16.3. The van der Waals surface area contributed by atoms with Crippen LogP contribution in [0.5, 0.6) is 0 Å². The van der Waals surface area contributed by atoms with Crippen molar-refractivity contribution in [2.24, 2.45) is 0 Å². The van der Waals surface area contributed by atoms with Crippen LogP contribution in [0.15, 0.2) is 33.1 Å². The molecule has 1 aliphatic rings. The van der Waals surface area contributed by atoms with E-state index >= 15 is 0 Å². The number of benzene rings is 1. The summed E-state index contributed by atoms with van der Waals surface area (Å²) in [6.45, 7) is 8.87. The van der Waals surface area contributed by atoms with Crippen LogP contribution in [0.1, 0.15) is 30.0 Å². The van der Waals surface area contributed by atoms with Gasteiger partial charge in [0.1, 0.15) is 5.58 Å². The van der Waals surface area contributed by atoms with E-state index in [4.69, 9.17) is 15.7 Å². The Kier molecular flexibility index (Phi) is 5.54. The van der Waals surface area contributed by atoms with Gasteiger partial charge in [-0.25, -0.2) is 9.64 Å². The zero-order chi connectivity index (χ0) is 19.4. The SMILES string of the molecule is [C-]#[N+]/C(=C/c1cc2cc3c(cc2oc1=O)C#CCCS(=O)C3)C(=O)OCC. The highest BCUT2D eigenvalue weighted by atomic mass is 32.2. The quantitative estimate of drug-likeness (QED) is 0.269. The average molecular weight is 381 g/mol. The van der Waals surface area contributed by atoms with Gasteiger partial charge in [0.15, 0.2) is 0 Å². The second kappa shape index (κ2) is 8.03. The van der Waals surface area contributed by atoms with Crippen LogP contribution in [0.4, 0.5) is 0 Å². The minimum atomic E-state index is -1.01. The topological polar surface area (TPSA) is 77.9 Å². The van der Waals surface area contributed by atoms with Crippen molar-refractivity contribution in [2.75, 3.05) is 12.4 Å². The van der Waals surface area contributed by atoms with Crippen molar-refractivity contribution in [2.45, 2.75) is 19.1 Å². The largest absolute Gasteiger partial charge is 0.471 e. The molecule has 0 spiro atoms. The van der Waals surface area contributed by atoms with E-state index in [1.54, 1.807) is 25.1 Å². The fourth-order valence-corrected chi connectivity index (χ4v) is 3.68. The van der Waals surface area contributed by atoms with Gasteiger partial charge >= 0.3 is 11.6 Å². The van der Waals surface area contributed by atoms with Gasteiger partial charge in [-0.15, -0.1) is 0 Å². The molecular formula is C20H15NO5S. The maximum Gasteiger partial charge on any atom is 0.342 e. The fraction of sp³-hybridized carbons (Fsp3) is 0.250. The Morgan fingerprint density at radius 3 is 3.00 bits per heavy atom. The minimum Gasteiger partial charge on any atom is -0.471 e. The molecule has 6 nitrogen and oxygen atoms in total. The predicted octanol–water partition coefficient (Wildman–Crippen LogP) is 2.62. The van der Waals surface area contributed by atoms with Crippen LogP contribution in [0.2, 0.25) is 0 Å². The standard InChI is InChI=1S/C20H15NO5S/c1-3-25-20(23)17(21-2)10-15-8-14-9-16-12-27(24)7-5-4-6-13(16)11-18(14)26-19(15)22/h8-11H,3,5,7,12H2,1H3/b17-10+. The number of ether oxygens (including phenoxy) is 1. The lowest BCUT2D eigenvalue weighted by Gasteiger charge is -2.09. The van der Waals surface area contributed by atoms with Crippen molar-refractivity contribution >= 4 is 33.8 Å². The van der Waals surface area contributed by atoms with Gasteiger partial charge in [-0.05, 0) is 36.8 Å². The third kappa shape index (κ3) is 4.16. The highest BCUT2D eigenvalue weighted by molar-refractivity contribution is 7.84. The summed E-state index contributed by atoms with van der Waals surface area (Å²) in [6, 6.07) is 4.99. The third-order valence-corrected chi connectivity index (χ3v) is 5.17. The van der Waals surface area contributed by atoms with Crippen molar-refractivity contribution < 1.29 is 18.2 Å². The first-order valence-electron chi connectivity index (χ1n) is 8.22. The maximum atomic E-state index is 12.3. The first-order chi connectivity index (χ1) is 13.0. The summed E-state index contributed by atoms with van der Waals surface area (Å²) in [6.07, 6.45) is 1.72. The lowest BCUT2D eigenvalue weighted by molar-refractivity contribution is -0.138. The first-order valence-corrected chi connectivity index (χ1v) is 9.71. The third-order valence-electron chi connectivity index (χ3n) is 3.88. The summed E-state index contributed by atoms with van der Waals surface area (Å²) >= 11 is 0. The van der Waals surface area contributed by atoms with Gasteiger partial charge in [-0.3, -0.25) is 9.00 Å². The second-order valence-electron chi connectivity index (χ2n) is 5.74. The van der Waals surface area contributed by atoms with E-state index in [-0.39, 0.29) is 17.9 Å². The molecule has 0 radical (unpaired) electrons. The number of fused-ring (bicyclic) bond motifs is 2. The monoisotopic (exact) mass is 381 g/mol. The molecule has 2 aromatic rings. The van der Waals surface area contributed by atoms with Crippen molar-refractivity contribution in [3.05, 3.63) is 62.4 Å². The summed E-state index contributed by atoms with van der Waals surface area (Å²) in [4.78, 5) is 27.1. The van der Waals surface area contributed by atoms with Gasteiger partial charge in [0.05, 0.1) is 18.7 Å². The summed E-state index contributed by atoms with van der Waals surface area (Å²) < 4.78 is 22.2. The van der Waals surface area contributed by atoms with Crippen molar-refractivity contribution in [3.63, 3.8) is 0 Å². The number of hydrogen-bond acceptors (Lipinski definition) is 5. The molecule has 0 N–H and O–H groups in total. The highest BCUT2D eigenvalue weighted by Crippen LogP contribution is 2.23. The van der Waals surface area contributed by atoms with Gasteiger partial charge in [0.25, 0.3) is 5.70 Å². The van der Waals surface area contributed by atoms with Gasteiger partial charge in [-0.1, -0.05) is 11.8 Å². The Labute approximate surface area is 158 Å². The van der Waals surface area contributed by atoms with E-state index in [1.165, 1.54) is 0 Å². The van der Waals surface area contributed by atoms with E-state index in [0.29, 0.717) is 34.5 Å². The van der Waals surface area contributed by atoms with Gasteiger partial charge in [0.2, 0.25) is 0 Å². The number of carbonyl (C=O) groups excluding carboxylic acids is 1. The molecule has 0 amide bonds. The molecule has 0 fully saturated rings. The summed E-state index contributed by atoms with van der Waals surface area (Å²) in [5.41, 5.74) is 0.941. The molecule has 1 aromatic heterocycles. The van der Waals surface area contributed by atoms with Crippen molar-refractivity contribution in [1.82, 2.24) is 0 Å². The zero-order valence-electron chi connectivity index (χ0n) is 14.5. The average Bonchev–Trinajstić information content (AvgIpc) is 2.62. The molecule has 3 rings (SSSR count). The van der Waals surface area contributed by atoms with Crippen LogP contribution in [0.25, 0.3) is 21.9 Å². The first kappa shape index (κ1) is 18.6. The molecule has 1 aliphatic heterocycles. The summed E-state index contributed by atoms with van der Waals surface area (Å²) in [5, 5.41) is 0.604. The lowest BCUT2D eigenvalue weighted by atomic mass is 10.0. The number of nitrogens with zero attached hydrogens (tertiary/aromatic N) is 1. The van der Waals surface area contributed by atoms with Crippen molar-refractivity contribution in [1.29, 1.82) is 0 Å². The number of esters is 1. The van der Waals surface area contributed by atoms with Crippen molar-refractivity contribution in [3.8, 4) is 11.8 Å². The molecule has 0 aliphatic carbocycles. The molecule has 27 heavy (non-hydrogen) atoms. The highest BCUT2D eigenvalue weighted by Gasteiger charge is 2.15. The Morgan fingerprint density at radius 1 is 1.44 bits per heavy atom. The molecule has 7 heteroatoms. The Morgan fingerprint density at radius 2 is 2.26 bits per heavy atom. The van der Waals surface area contributed by atoms with Crippen LogP contribution in [0.3, 0.4) is 0 Å². The smallest absolute Gasteiger partial charge is 0.342 e. The van der Waals surface area contributed by atoms with Crippen LogP contribution < -0.4 is 5.63 Å².